The molecule has 1 aliphatic rings. The zero-order valence-electron chi connectivity index (χ0n) is 17.0. The Bertz CT molecular complexity index is 1220. The van der Waals surface area contributed by atoms with Crippen LogP contribution in [0.4, 0.5) is 5.82 Å². The predicted octanol–water partition coefficient (Wildman–Crippen LogP) is 2.18. The molecule has 4 aromatic rings. The number of benzene rings is 2. The van der Waals surface area contributed by atoms with Crippen molar-refractivity contribution in [3.8, 4) is 11.4 Å². The van der Waals surface area contributed by atoms with Gasteiger partial charge in [0.15, 0.2) is 17.0 Å². The van der Waals surface area contributed by atoms with E-state index < -0.39 is 0 Å². The van der Waals surface area contributed by atoms with Crippen LogP contribution in [0.1, 0.15) is 10.4 Å². The van der Waals surface area contributed by atoms with Crippen LogP contribution in [0.15, 0.2) is 60.9 Å². The number of para-hydroxylation sites is 2. The predicted molar refractivity (Wildman–Crippen MR) is 116 cm³/mol. The quantitative estimate of drug-likeness (QED) is 0.505. The number of piperazine rings is 1. The number of amides is 1. The molecule has 0 N–H and O–H groups in total. The summed E-state index contributed by atoms with van der Waals surface area (Å²) in [5.74, 6) is 1.29. The molecule has 0 aliphatic carbocycles. The molecule has 0 atom stereocenters. The van der Waals surface area contributed by atoms with Crippen molar-refractivity contribution in [3.05, 3.63) is 66.5 Å². The van der Waals surface area contributed by atoms with Crippen LogP contribution in [0.5, 0.6) is 5.75 Å². The van der Waals surface area contributed by atoms with Crippen LogP contribution in [0, 0.1) is 0 Å². The molecule has 1 saturated heterocycles. The van der Waals surface area contributed by atoms with Crippen molar-refractivity contribution in [2.75, 3.05) is 38.2 Å². The molecule has 0 radical (unpaired) electrons. The second-order valence-corrected chi connectivity index (χ2v) is 7.19. The van der Waals surface area contributed by atoms with Gasteiger partial charge in [0.05, 0.1) is 18.4 Å². The maximum Gasteiger partial charge on any atom is 0.257 e. The number of anilines is 1. The van der Waals surface area contributed by atoms with E-state index in [0.29, 0.717) is 48.7 Å². The average molecular weight is 415 g/mol. The van der Waals surface area contributed by atoms with Crippen molar-refractivity contribution >= 4 is 22.9 Å². The fourth-order valence-electron chi connectivity index (χ4n) is 3.82. The molecule has 1 fully saturated rings. The van der Waals surface area contributed by atoms with Gasteiger partial charge in [0.25, 0.3) is 5.91 Å². The summed E-state index contributed by atoms with van der Waals surface area (Å²) >= 11 is 0. The Morgan fingerprint density at radius 2 is 1.68 bits per heavy atom. The summed E-state index contributed by atoms with van der Waals surface area (Å²) < 4.78 is 7.05. The largest absolute Gasteiger partial charge is 0.496 e. The van der Waals surface area contributed by atoms with Crippen LogP contribution in [0.25, 0.3) is 16.9 Å². The average Bonchev–Trinajstić information content (AvgIpc) is 3.28. The number of fused-ring (bicyclic) bond motifs is 1. The second-order valence-electron chi connectivity index (χ2n) is 7.19. The number of rotatable bonds is 4. The third-order valence-corrected chi connectivity index (χ3v) is 5.42. The third-order valence-electron chi connectivity index (χ3n) is 5.42. The molecule has 31 heavy (non-hydrogen) atoms. The van der Waals surface area contributed by atoms with E-state index in [1.54, 1.807) is 23.9 Å². The van der Waals surface area contributed by atoms with Crippen molar-refractivity contribution < 1.29 is 9.53 Å². The number of ether oxygens (including phenoxy) is 1. The van der Waals surface area contributed by atoms with Gasteiger partial charge in [-0.2, -0.15) is 4.68 Å². The Hall–Kier alpha value is -4.01. The van der Waals surface area contributed by atoms with Crippen LogP contribution < -0.4 is 9.64 Å². The first-order valence-electron chi connectivity index (χ1n) is 10.1. The Labute approximate surface area is 178 Å². The smallest absolute Gasteiger partial charge is 0.257 e. The maximum atomic E-state index is 13.0. The summed E-state index contributed by atoms with van der Waals surface area (Å²) in [5.41, 5.74) is 2.77. The molecule has 9 heteroatoms. The summed E-state index contributed by atoms with van der Waals surface area (Å²) in [6.07, 6.45) is 1.53. The van der Waals surface area contributed by atoms with E-state index in [9.17, 15) is 4.79 Å². The summed E-state index contributed by atoms with van der Waals surface area (Å²) in [6, 6.07) is 17.1. The zero-order valence-corrected chi connectivity index (χ0v) is 17.0. The summed E-state index contributed by atoms with van der Waals surface area (Å²) in [5, 5.41) is 8.63. The minimum atomic E-state index is -0.0278. The van der Waals surface area contributed by atoms with Crippen LogP contribution in [0.3, 0.4) is 0 Å². The number of carbonyl (C=O) groups is 1. The van der Waals surface area contributed by atoms with Crippen molar-refractivity contribution in [2.45, 2.75) is 0 Å². The van der Waals surface area contributed by atoms with E-state index >= 15 is 0 Å². The highest BCUT2D eigenvalue weighted by molar-refractivity contribution is 5.97. The first-order chi connectivity index (χ1) is 15.3. The molecular formula is C22H21N7O2. The molecule has 0 spiro atoms. The standard InChI is InChI=1S/C22H21N7O2/c1-31-18-10-6-5-9-17(18)22(30)28-13-11-27(12-14-28)20-19-21(24-15-23-20)29(26-25-19)16-7-3-2-4-8-16/h2-10,15H,11-14H2,1H3. The lowest BCUT2D eigenvalue weighted by atomic mass is 10.1. The topological polar surface area (TPSA) is 89.3 Å². The zero-order chi connectivity index (χ0) is 21.2. The fraction of sp³-hybridized carbons (Fsp3) is 0.227. The number of hydrogen-bond acceptors (Lipinski definition) is 7. The molecule has 156 valence electrons. The molecule has 2 aromatic heterocycles. The van der Waals surface area contributed by atoms with Gasteiger partial charge in [-0.1, -0.05) is 35.5 Å². The monoisotopic (exact) mass is 415 g/mol. The molecule has 1 amide bonds. The molecule has 0 bridgehead atoms. The number of aromatic nitrogens is 5. The molecule has 2 aromatic carbocycles. The van der Waals surface area contributed by atoms with Gasteiger partial charge in [-0.25, -0.2) is 9.97 Å². The summed E-state index contributed by atoms with van der Waals surface area (Å²) in [6.45, 7) is 2.45. The van der Waals surface area contributed by atoms with Crippen LogP contribution in [0.2, 0.25) is 0 Å². The maximum absolute atomic E-state index is 13.0. The Kier molecular flexibility index (Phi) is 4.91. The Morgan fingerprint density at radius 3 is 2.45 bits per heavy atom. The lowest BCUT2D eigenvalue weighted by Gasteiger charge is -2.35. The number of methoxy groups -OCH3 is 1. The number of hydrogen-bond donors (Lipinski definition) is 0. The lowest BCUT2D eigenvalue weighted by Crippen LogP contribution is -2.49. The van der Waals surface area contributed by atoms with Gasteiger partial charge in [-0.3, -0.25) is 4.79 Å². The summed E-state index contributed by atoms with van der Waals surface area (Å²) in [4.78, 5) is 25.8. The molecule has 3 heterocycles. The number of carbonyl (C=O) groups excluding carboxylic acids is 1. The van der Waals surface area contributed by atoms with Crippen molar-refractivity contribution in [3.63, 3.8) is 0 Å². The highest BCUT2D eigenvalue weighted by Gasteiger charge is 2.26. The van der Waals surface area contributed by atoms with Crippen LogP contribution in [-0.4, -0.2) is 69.1 Å². The third kappa shape index (κ3) is 3.43. The minimum absolute atomic E-state index is 0.0278. The van der Waals surface area contributed by atoms with Gasteiger partial charge in [0.2, 0.25) is 0 Å². The SMILES string of the molecule is COc1ccccc1C(=O)N1CCN(c2ncnc3c2nnn3-c2ccccc2)CC1. The number of nitrogens with zero attached hydrogens (tertiary/aromatic N) is 7. The van der Waals surface area contributed by atoms with Gasteiger partial charge >= 0.3 is 0 Å². The minimum Gasteiger partial charge on any atom is -0.496 e. The first kappa shape index (κ1) is 19.0. The highest BCUT2D eigenvalue weighted by atomic mass is 16.5. The van der Waals surface area contributed by atoms with Gasteiger partial charge in [0.1, 0.15) is 12.1 Å². The highest BCUT2D eigenvalue weighted by Crippen LogP contribution is 2.25. The van der Waals surface area contributed by atoms with E-state index in [1.165, 1.54) is 6.33 Å². The van der Waals surface area contributed by atoms with E-state index in [0.717, 1.165) is 11.5 Å². The molecule has 1 aliphatic heterocycles. The van der Waals surface area contributed by atoms with Crippen molar-refractivity contribution in [1.82, 2.24) is 29.9 Å². The van der Waals surface area contributed by atoms with E-state index in [1.807, 2.05) is 47.4 Å². The first-order valence-corrected chi connectivity index (χ1v) is 10.1. The fourth-order valence-corrected chi connectivity index (χ4v) is 3.82. The van der Waals surface area contributed by atoms with Gasteiger partial charge in [-0.15, -0.1) is 5.10 Å². The molecule has 9 nitrogen and oxygen atoms in total. The van der Waals surface area contributed by atoms with E-state index in [2.05, 4.69) is 25.2 Å². The molecule has 0 saturated carbocycles. The van der Waals surface area contributed by atoms with Gasteiger partial charge in [-0.05, 0) is 24.3 Å². The lowest BCUT2D eigenvalue weighted by molar-refractivity contribution is 0.0743. The van der Waals surface area contributed by atoms with Crippen LogP contribution in [-0.2, 0) is 0 Å². The second kappa shape index (κ2) is 8.02. The van der Waals surface area contributed by atoms with E-state index in [-0.39, 0.29) is 5.91 Å². The Balaban J connectivity index is 1.36. The van der Waals surface area contributed by atoms with E-state index in [4.69, 9.17) is 4.74 Å². The van der Waals surface area contributed by atoms with Crippen molar-refractivity contribution in [2.24, 2.45) is 0 Å². The summed E-state index contributed by atoms with van der Waals surface area (Å²) in [7, 11) is 1.58. The molecular weight excluding hydrogens is 394 g/mol. The van der Waals surface area contributed by atoms with Crippen LogP contribution >= 0.6 is 0 Å². The molecule has 5 rings (SSSR count). The van der Waals surface area contributed by atoms with Gasteiger partial charge < -0.3 is 14.5 Å². The normalized spacial score (nSPS) is 14.1. The van der Waals surface area contributed by atoms with Gasteiger partial charge in [0, 0.05) is 26.2 Å². The Morgan fingerprint density at radius 1 is 0.935 bits per heavy atom. The van der Waals surface area contributed by atoms with Crippen molar-refractivity contribution in [1.29, 1.82) is 0 Å². The molecule has 0 unspecified atom stereocenters.